The van der Waals surface area contributed by atoms with Crippen molar-refractivity contribution in [3.05, 3.63) is 24.0 Å². The Morgan fingerprint density at radius 3 is 2.53 bits per heavy atom. The highest BCUT2D eigenvalue weighted by Crippen LogP contribution is 2.23. The van der Waals surface area contributed by atoms with Gasteiger partial charge in [-0.1, -0.05) is 0 Å². The zero-order valence-corrected chi connectivity index (χ0v) is 11.2. The third-order valence-electron chi connectivity index (χ3n) is 2.20. The molecule has 1 aromatic rings. The maximum absolute atomic E-state index is 13.2. The minimum absolute atomic E-state index is 0.146. The predicted molar refractivity (Wildman–Crippen MR) is 72.5 cm³/mol. The number of benzene rings is 1. The van der Waals surface area contributed by atoms with Gasteiger partial charge < -0.3 is 16.0 Å². The van der Waals surface area contributed by atoms with Crippen molar-refractivity contribution < 1.29 is 14.0 Å². The van der Waals surface area contributed by atoms with Crippen LogP contribution in [-0.4, -0.2) is 24.4 Å². The third-order valence-corrected chi connectivity index (χ3v) is 2.20. The van der Waals surface area contributed by atoms with Gasteiger partial charge in [0.25, 0.3) is 0 Å². The highest BCUT2D eigenvalue weighted by molar-refractivity contribution is 5.96. The van der Waals surface area contributed by atoms with Crippen molar-refractivity contribution in [1.29, 1.82) is 0 Å². The van der Waals surface area contributed by atoms with Crippen LogP contribution in [0.5, 0.6) is 0 Å². The molecule has 0 aromatic heterocycles. The van der Waals surface area contributed by atoms with Crippen LogP contribution in [0.4, 0.5) is 15.8 Å². The van der Waals surface area contributed by atoms with Crippen LogP contribution in [0.3, 0.4) is 0 Å². The quantitative estimate of drug-likeness (QED) is 0.760. The molecule has 0 aliphatic carbocycles. The summed E-state index contributed by atoms with van der Waals surface area (Å²) >= 11 is 0. The lowest BCUT2D eigenvalue weighted by Crippen LogP contribution is -2.31. The number of hydrogen-bond acceptors (Lipinski definition) is 3. The Morgan fingerprint density at radius 2 is 1.95 bits per heavy atom. The summed E-state index contributed by atoms with van der Waals surface area (Å²) in [7, 11) is 0. The molecule has 5 nitrogen and oxygen atoms in total. The molecule has 0 aliphatic rings. The maximum atomic E-state index is 13.2. The van der Waals surface area contributed by atoms with Gasteiger partial charge in [0, 0.05) is 13.0 Å². The minimum atomic E-state index is -0.441. The summed E-state index contributed by atoms with van der Waals surface area (Å²) in [5, 5.41) is 8.03. The first kappa shape index (κ1) is 14.9. The van der Waals surface area contributed by atoms with Gasteiger partial charge in [0.05, 0.1) is 17.9 Å². The van der Waals surface area contributed by atoms with Crippen molar-refractivity contribution in [3.8, 4) is 0 Å². The third kappa shape index (κ3) is 5.37. The molecule has 1 rings (SSSR count). The molecule has 0 radical (unpaired) electrons. The zero-order chi connectivity index (χ0) is 14.4. The molecular formula is C13H18FN3O2. The smallest absolute Gasteiger partial charge is 0.243 e. The van der Waals surface area contributed by atoms with E-state index in [9.17, 15) is 14.0 Å². The average molecular weight is 267 g/mol. The highest BCUT2D eigenvalue weighted by atomic mass is 19.1. The summed E-state index contributed by atoms with van der Waals surface area (Å²) in [5.41, 5.74) is 0.983. The van der Waals surface area contributed by atoms with Crippen LogP contribution in [0.25, 0.3) is 0 Å². The van der Waals surface area contributed by atoms with Crippen LogP contribution in [0.1, 0.15) is 20.8 Å². The molecule has 0 unspecified atom stereocenters. The molecule has 0 bridgehead atoms. The van der Waals surface area contributed by atoms with Crippen LogP contribution in [0, 0.1) is 5.82 Å². The van der Waals surface area contributed by atoms with E-state index in [1.54, 1.807) is 6.07 Å². The first-order valence-corrected chi connectivity index (χ1v) is 5.99. The van der Waals surface area contributed by atoms with Crippen molar-refractivity contribution in [3.63, 3.8) is 0 Å². The summed E-state index contributed by atoms with van der Waals surface area (Å²) < 4.78 is 13.2. The molecule has 0 fully saturated rings. The minimum Gasteiger partial charge on any atom is -0.381 e. The Balaban J connectivity index is 2.77. The van der Waals surface area contributed by atoms with E-state index < -0.39 is 11.7 Å². The fraction of sp³-hybridized carbons (Fsp3) is 0.385. The molecular weight excluding hydrogens is 249 g/mol. The van der Waals surface area contributed by atoms with Crippen LogP contribution < -0.4 is 16.0 Å². The molecule has 6 heteroatoms. The maximum Gasteiger partial charge on any atom is 0.243 e. The number of halogens is 1. The van der Waals surface area contributed by atoms with Crippen molar-refractivity contribution in [1.82, 2.24) is 5.32 Å². The van der Waals surface area contributed by atoms with E-state index >= 15 is 0 Å². The Hall–Kier alpha value is -2.11. The molecule has 0 saturated carbocycles. The van der Waals surface area contributed by atoms with Gasteiger partial charge >= 0.3 is 0 Å². The zero-order valence-electron chi connectivity index (χ0n) is 11.2. The number of anilines is 2. The lowest BCUT2D eigenvalue weighted by molar-refractivity contribution is -0.122. The number of carbonyl (C=O) groups is 2. The van der Waals surface area contributed by atoms with E-state index in [0.29, 0.717) is 11.4 Å². The number of amides is 2. The second kappa shape index (κ2) is 6.72. The molecule has 104 valence electrons. The summed E-state index contributed by atoms with van der Waals surface area (Å²) in [6, 6.07) is 4.25. The monoisotopic (exact) mass is 267 g/mol. The second-order valence-corrected chi connectivity index (χ2v) is 4.45. The summed E-state index contributed by atoms with van der Waals surface area (Å²) in [6.45, 7) is 5.05. The van der Waals surface area contributed by atoms with Gasteiger partial charge in [-0.05, 0) is 32.0 Å². The van der Waals surface area contributed by atoms with E-state index in [1.807, 2.05) is 13.8 Å². The fourth-order valence-electron chi connectivity index (χ4n) is 1.46. The normalized spacial score (nSPS) is 10.2. The van der Waals surface area contributed by atoms with Crippen molar-refractivity contribution in [2.45, 2.75) is 26.8 Å². The lowest BCUT2D eigenvalue weighted by Gasteiger charge is -2.15. The molecule has 1 aromatic carbocycles. The van der Waals surface area contributed by atoms with Crippen LogP contribution in [-0.2, 0) is 9.59 Å². The summed E-state index contributed by atoms with van der Waals surface area (Å²) in [5.74, 6) is -1.15. The van der Waals surface area contributed by atoms with Gasteiger partial charge in [0.1, 0.15) is 5.82 Å². The molecule has 2 amide bonds. The van der Waals surface area contributed by atoms with Crippen molar-refractivity contribution >= 4 is 23.2 Å². The first-order valence-electron chi connectivity index (χ1n) is 5.99. The van der Waals surface area contributed by atoms with Gasteiger partial charge in [-0.3, -0.25) is 9.59 Å². The Morgan fingerprint density at radius 1 is 1.26 bits per heavy atom. The molecule has 19 heavy (non-hydrogen) atoms. The van der Waals surface area contributed by atoms with E-state index in [-0.39, 0.29) is 18.5 Å². The van der Waals surface area contributed by atoms with Crippen molar-refractivity contribution in [2.24, 2.45) is 0 Å². The Labute approximate surface area is 111 Å². The molecule has 0 heterocycles. The van der Waals surface area contributed by atoms with Gasteiger partial charge in [0.15, 0.2) is 0 Å². The molecule has 0 atom stereocenters. The van der Waals surface area contributed by atoms with Gasteiger partial charge in [-0.2, -0.15) is 0 Å². The number of rotatable bonds is 5. The predicted octanol–water partition coefficient (Wildman–Crippen LogP) is 1.72. The van der Waals surface area contributed by atoms with E-state index in [0.717, 1.165) is 0 Å². The van der Waals surface area contributed by atoms with Gasteiger partial charge in [-0.15, -0.1) is 0 Å². The molecule has 0 aliphatic heterocycles. The highest BCUT2D eigenvalue weighted by Gasteiger charge is 2.09. The van der Waals surface area contributed by atoms with Crippen LogP contribution in [0.15, 0.2) is 18.2 Å². The SMILES string of the molecule is CC(=O)NCC(=O)Nc1cc(F)ccc1NC(C)C. The van der Waals surface area contributed by atoms with Crippen molar-refractivity contribution in [2.75, 3.05) is 17.2 Å². The van der Waals surface area contributed by atoms with Gasteiger partial charge in [0.2, 0.25) is 11.8 Å². The molecule has 0 saturated heterocycles. The van der Waals surface area contributed by atoms with E-state index in [2.05, 4.69) is 16.0 Å². The summed E-state index contributed by atoms with van der Waals surface area (Å²) in [4.78, 5) is 22.3. The average Bonchev–Trinajstić information content (AvgIpc) is 2.29. The largest absolute Gasteiger partial charge is 0.381 e. The number of carbonyl (C=O) groups excluding carboxylic acids is 2. The Kier molecular flexibility index (Phi) is 5.29. The van der Waals surface area contributed by atoms with Crippen LogP contribution >= 0.6 is 0 Å². The summed E-state index contributed by atoms with van der Waals surface area (Å²) in [6.07, 6.45) is 0. The number of hydrogen-bond donors (Lipinski definition) is 3. The Bertz CT molecular complexity index is 475. The van der Waals surface area contributed by atoms with Crippen LogP contribution in [0.2, 0.25) is 0 Å². The first-order chi connectivity index (χ1) is 8.88. The number of nitrogens with one attached hydrogen (secondary N) is 3. The molecule has 3 N–H and O–H groups in total. The molecule has 0 spiro atoms. The van der Waals surface area contributed by atoms with E-state index in [1.165, 1.54) is 19.1 Å². The topological polar surface area (TPSA) is 70.2 Å². The lowest BCUT2D eigenvalue weighted by atomic mass is 10.2. The second-order valence-electron chi connectivity index (χ2n) is 4.45. The van der Waals surface area contributed by atoms with E-state index in [4.69, 9.17) is 0 Å². The fourth-order valence-corrected chi connectivity index (χ4v) is 1.46. The van der Waals surface area contributed by atoms with Gasteiger partial charge in [-0.25, -0.2) is 4.39 Å². The standard InChI is InChI=1S/C13H18FN3O2/c1-8(2)16-11-5-4-10(14)6-12(11)17-13(19)7-15-9(3)18/h4-6,8,16H,7H2,1-3H3,(H,15,18)(H,17,19).